The number of allylic oxidation sites excluding steroid dienone is 6. The number of benzene rings is 4. The largest absolute Gasteiger partial charge is 1.00 e. The summed E-state index contributed by atoms with van der Waals surface area (Å²) in [7, 11) is 0. The van der Waals surface area contributed by atoms with Crippen LogP contribution in [0.15, 0.2) is 109 Å². The van der Waals surface area contributed by atoms with Gasteiger partial charge in [0.25, 0.3) is 0 Å². The summed E-state index contributed by atoms with van der Waals surface area (Å²) >= 11 is 1.46. The topological polar surface area (TPSA) is 0 Å². The van der Waals surface area contributed by atoms with Gasteiger partial charge >= 0.3 is 112 Å². The van der Waals surface area contributed by atoms with E-state index in [1.807, 2.05) is 0 Å². The molecule has 0 saturated carbocycles. The number of rotatable bonds is 3. The SMILES string of the molecule is CC1(C)C=Cc2cc3c(cc21)[cH-]c1cc2c(cc13)C=CC2(C)C.CCC1[C-]=CC(C(C)(C)C)=C1.Cc1ccc([C](=[Zr+2])c2ccc(C)cc2)cc1.[Cl-].[Cl-]. The molecule has 0 fully saturated rings. The molecule has 52 heavy (non-hydrogen) atoms. The van der Waals surface area contributed by atoms with Gasteiger partial charge in [-0.2, -0.15) is 11.6 Å². The number of fused-ring (bicyclic) bond motifs is 5. The monoisotopic (exact) mass is 800 g/mol. The fourth-order valence-corrected chi connectivity index (χ4v) is 7.95. The van der Waals surface area contributed by atoms with Crippen LogP contribution in [0.3, 0.4) is 0 Å². The van der Waals surface area contributed by atoms with E-state index in [1.54, 1.807) is 0 Å². The second kappa shape index (κ2) is 16.2. The second-order valence-electron chi connectivity index (χ2n) is 16.6. The summed E-state index contributed by atoms with van der Waals surface area (Å²) in [6.45, 7) is 22.4. The zero-order chi connectivity index (χ0) is 36.0. The van der Waals surface area contributed by atoms with Crippen LogP contribution >= 0.6 is 0 Å². The number of hydrogen-bond acceptors (Lipinski definition) is 0. The summed E-state index contributed by atoms with van der Waals surface area (Å²) in [5, 5.41) is 5.53. The molecule has 0 amide bonds. The fraction of sp³-hybridized carbons (Fsp3) is 0.306. The van der Waals surface area contributed by atoms with Crippen molar-refractivity contribution in [3.63, 3.8) is 0 Å². The first-order chi connectivity index (χ1) is 23.6. The van der Waals surface area contributed by atoms with Crippen LogP contribution in [0.1, 0.15) is 106 Å². The molecule has 3 heteroatoms. The Morgan fingerprint density at radius 2 is 1.13 bits per heavy atom. The maximum atomic E-state index is 3.35. The van der Waals surface area contributed by atoms with Gasteiger partial charge < -0.3 is 24.8 Å². The van der Waals surface area contributed by atoms with E-state index in [1.165, 1.54) is 105 Å². The second-order valence-corrected chi connectivity index (χ2v) is 17.8. The van der Waals surface area contributed by atoms with E-state index in [2.05, 4.69) is 191 Å². The summed E-state index contributed by atoms with van der Waals surface area (Å²) in [5.41, 5.74) is 13.0. The molecule has 1 unspecified atom stereocenters. The van der Waals surface area contributed by atoms with E-state index < -0.39 is 0 Å². The maximum Gasteiger partial charge on any atom is -1.00 e. The van der Waals surface area contributed by atoms with E-state index in [4.69, 9.17) is 0 Å². The van der Waals surface area contributed by atoms with E-state index in [9.17, 15) is 0 Å². The first kappa shape index (κ1) is 41.8. The Labute approximate surface area is 340 Å². The molecule has 3 aliphatic carbocycles. The third-order valence-electron chi connectivity index (χ3n) is 10.6. The van der Waals surface area contributed by atoms with E-state index in [0.717, 1.165) is 0 Å². The molecule has 268 valence electrons. The van der Waals surface area contributed by atoms with Crippen molar-refractivity contribution in [3.8, 4) is 0 Å². The van der Waals surface area contributed by atoms with Crippen LogP contribution in [0.5, 0.6) is 0 Å². The van der Waals surface area contributed by atoms with Crippen LogP contribution in [0.2, 0.25) is 0 Å². The Morgan fingerprint density at radius 1 is 0.712 bits per heavy atom. The van der Waals surface area contributed by atoms with Crippen LogP contribution in [0.4, 0.5) is 0 Å². The molecule has 0 saturated heterocycles. The average molecular weight is 803 g/mol. The fourth-order valence-electron chi connectivity index (χ4n) is 7.13. The summed E-state index contributed by atoms with van der Waals surface area (Å²) in [6.07, 6.45) is 18.2. The Hall–Kier alpha value is -2.96. The molecule has 0 bridgehead atoms. The van der Waals surface area contributed by atoms with Gasteiger partial charge in [-0.15, -0.1) is 39.7 Å². The van der Waals surface area contributed by atoms with Crippen molar-refractivity contribution in [3.05, 3.63) is 159 Å². The molecule has 0 nitrogen and oxygen atoms in total. The number of halogens is 2. The first-order valence-corrected chi connectivity index (χ1v) is 19.4. The van der Waals surface area contributed by atoms with Gasteiger partial charge in [0.05, 0.1) is 0 Å². The molecule has 5 aromatic carbocycles. The molecule has 0 spiro atoms. The van der Waals surface area contributed by atoms with Crippen molar-refractivity contribution in [2.75, 3.05) is 0 Å². The van der Waals surface area contributed by atoms with Gasteiger partial charge in [0.1, 0.15) is 0 Å². The van der Waals surface area contributed by atoms with Crippen molar-refractivity contribution in [2.24, 2.45) is 11.3 Å². The van der Waals surface area contributed by atoms with Crippen LogP contribution < -0.4 is 24.8 Å². The van der Waals surface area contributed by atoms with Gasteiger partial charge in [-0.3, -0.25) is 6.08 Å². The molecule has 0 N–H and O–H groups in total. The number of hydrogen-bond donors (Lipinski definition) is 0. The molecule has 0 heterocycles. The van der Waals surface area contributed by atoms with Crippen molar-refractivity contribution < 1.29 is 49.0 Å². The van der Waals surface area contributed by atoms with Crippen molar-refractivity contribution >= 4 is 36.9 Å². The number of aryl methyl sites for hydroxylation is 2. The van der Waals surface area contributed by atoms with Crippen LogP contribution in [-0.4, -0.2) is 3.21 Å². The summed E-state index contributed by atoms with van der Waals surface area (Å²) in [6, 6.07) is 29.5. The smallest absolute Gasteiger partial charge is 1.00 e. The van der Waals surface area contributed by atoms with Gasteiger partial charge in [-0.05, 0) is 11.1 Å². The van der Waals surface area contributed by atoms with Gasteiger partial charge in [0.2, 0.25) is 0 Å². The first-order valence-electron chi connectivity index (χ1n) is 18.2. The quantitative estimate of drug-likeness (QED) is 0.171. The maximum absolute atomic E-state index is 3.35. The third-order valence-corrected chi connectivity index (χ3v) is 12.0. The van der Waals surface area contributed by atoms with E-state index in [0.29, 0.717) is 11.3 Å². The van der Waals surface area contributed by atoms with Gasteiger partial charge in [0.15, 0.2) is 0 Å². The summed E-state index contributed by atoms with van der Waals surface area (Å²) < 4.78 is 1.42. The van der Waals surface area contributed by atoms with Crippen molar-refractivity contribution in [1.82, 2.24) is 0 Å². The molecule has 1 atom stereocenters. The Bertz CT molecular complexity index is 2060. The van der Waals surface area contributed by atoms with Gasteiger partial charge in [-0.1, -0.05) is 121 Å². The predicted molar refractivity (Wildman–Crippen MR) is 216 cm³/mol. The molecule has 8 rings (SSSR count). The van der Waals surface area contributed by atoms with Crippen molar-refractivity contribution in [1.29, 1.82) is 0 Å². The van der Waals surface area contributed by atoms with E-state index >= 15 is 0 Å². The molecule has 3 aliphatic rings. The molecular formula is C49H52Cl2Zr-2. The Morgan fingerprint density at radius 3 is 1.48 bits per heavy atom. The molecular weight excluding hydrogens is 751 g/mol. The summed E-state index contributed by atoms with van der Waals surface area (Å²) in [4.78, 5) is 0. The van der Waals surface area contributed by atoms with Gasteiger partial charge in [-0.25, -0.2) is 6.08 Å². The average Bonchev–Trinajstić information content (AvgIpc) is 3.84. The van der Waals surface area contributed by atoms with Crippen LogP contribution in [0, 0.1) is 31.3 Å². The zero-order valence-electron chi connectivity index (χ0n) is 32.5. The molecule has 0 aromatic heterocycles. The summed E-state index contributed by atoms with van der Waals surface area (Å²) in [5.74, 6) is 0.573. The third kappa shape index (κ3) is 8.87. The van der Waals surface area contributed by atoms with Crippen molar-refractivity contribution in [2.45, 2.75) is 86.5 Å². The standard InChI is InChI=1S/C23H21.C15H14.C11H17.2ClH.Zr/c1-22(2)7-5-14-10-18-16(12-20(14)22)9-17-13-21-15(11-19(17)18)6-8-23(21,3)4;1-12-3-7-14(8-4-12)11-15-9-5-13(2)6-10-15;1-5-9-6-7-10(8-9)11(2,3)4;;;/h5-13H,1-4H3;3-10H,1-2H3;7-9H,5H2,1-4H3;2*1H;/q-1;;-1;;;+2/p-2. The van der Waals surface area contributed by atoms with Crippen LogP contribution in [-0.2, 0) is 35.1 Å². The Kier molecular flexibility index (Phi) is 13.0. The zero-order valence-corrected chi connectivity index (χ0v) is 36.5. The molecule has 5 aromatic rings. The van der Waals surface area contributed by atoms with E-state index in [-0.39, 0.29) is 35.6 Å². The minimum absolute atomic E-state index is 0. The van der Waals surface area contributed by atoms with Gasteiger partial charge in [0, 0.05) is 10.8 Å². The Balaban J connectivity index is 0.000000184. The minimum atomic E-state index is 0. The van der Waals surface area contributed by atoms with Crippen LogP contribution in [0.25, 0.3) is 33.7 Å². The molecule has 0 radical (unpaired) electrons. The predicted octanol–water partition coefficient (Wildman–Crippen LogP) is 7.11. The minimum Gasteiger partial charge on any atom is -1.00 e. The normalized spacial score (nSPS) is 16.9. The molecule has 0 aliphatic heterocycles.